The van der Waals surface area contributed by atoms with Gasteiger partial charge >= 0.3 is 0 Å². The fourth-order valence-electron chi connectivity index (χ4n) is 5.82. The Morgan fingerprint density at radius 2 is 1.52 bits per heavy atom. The maximum absolute atomic E-state index is 13.0. The van der Waals surface area contributed by atoms with Gasteiger partial charge in [0.2, 0.25) is 0 Å². The summed E-state index contributed by atoms with van der Waals surface area (Å²) in [6, 6.07) is 15.4. The van der Waals surface area contributed by atoms with Crippen molar-refractivity contribution in [2.75, 3.05) is 44.2 Å². The van der Waals surface area contributed by atoms with Gasteiger partial charge in [-0.1, -0.05) is 49.6 Å². The Balaban J connectivity index is 1.10. The Bertz CT molecular complexity index is 880. The van der Waals surface area contributed by atoms with Crippen LogP contribution in [-0.2, 0) is 6.42 Å². The van der Waals surface area contributed by atoms with E-state index < -0.39 is 0 Å². The lowest BCUT2D eigenvalue weighted by Crippen LogP contribution is -2.52. The van der Waals surface area contributed by atoms with Gasteiger partial charge in [0.25, 0.3) is 5.91 Å². The van der Waals surface area contributed by atoms with E-state index in [1.165, 1.54) is 50.5 Å². The van der Waals surface area contributed by atoms with E-state index in [1.807, 2.05) is 17.0 Å². The maximum Gasteiger partial charge on any atom is 0.274 e. The number of rotatable bonds is 5. The third-order valence-corrected chi connectivity index (χ3v) is 7.87. The summed E-state index contributed by atoms with van der Waals surface area (Å²) in [5.41, 5.74) is 1.90. The number of amides is 1. The number of piperazine rings is 1. The summed E-state index contributed by atoms with van der Waals surface area (Å²) in [4.78, 5) is 19.8. The van der Waals surface area contributed by atoms with Gasteiger partial charge in [0.1, 0.15) is 0 Å². The molecule has 0 bridgehead atoms. The van der Waals surface area contributed by atoms with Crippen LogP contribution in [0, 0.1) is 5.92 Å². The van der Waals surface area contributed by atoms with Crippen molar-refractivity contribution in [1.29, 1.82) is 0 Å². The molecule has 3 aliphatic rings. The first-order valence-corrected chi connectivity index (χ1v) is 12.9. The number of anilines is 1. The molecule has 1 aromatic heterocycles. The fourth-order valence-corrected chi connectivity index (χ4v) is 5.82. The molecule has 33 heavy (non-hydrogen) atoms. The molecule has 176 valence electrons. The first-order chi connectivity index (χ1) is 16.3. The second-order valence-corrected chi connectivity index (χ2v) is 10.0. The fraction of sp³-hybridized carbons (Fsp3) is 0.593. The van der Waals surface area contributed by atoms with Crippen molar-refractivity contribution in [3.8, 4) is 0 Å². The first-order valence-electron chi connectivity index (χ1n) is 12.9. The predicted octanol–water partition coefficient (Wildman–Crippen LogP) is 4.03. The lowest BCUT2D eigenvalue weighted by Gasteiger charge is -2.40. The number of piperidine rings is 1. The summed E-state index contributed by atoms with van der Waals surface area (Å²) in [5.74, 6) is 1.65. The molecule has 3 fully saturated rings. The number of nitrogens with zero attached hydrogens (tertiary/aromatic N) is 5. The van der Waals surface area contributed by atoms with Gasteiger partial charge in [-0.15, -0.1) is 10.2 Å². The molecule has 3 heterocycles. The molecule has 0 unspecified atom stereocenters. The highest BCUT2D eigenvalue weighted by atomic mass is 16.2. The molecule has 1 saturated carbocycles. The molecule has 2 saturated heterocycles. The Labute approximate surface area is 198 Å². The third-order valence-electron chi connectivity index (χ3n) is 7.87. The number of hydrogen-bond acceptors (Lipinski definition) is 5. The second kappa shape index (κ2) is 10.6. The Hall–Kier alpha value is -2.47. The number of carbonyl (C=O) groups excluding carboxylic acids is 1. The van der Waals surface area contributed by atoms with Gasteiger partial charge in [0, 0.05) is 45.3 Å². The van der Waals surface area contributed by atoms with Crippen molar-refractivity contribution in [1.82, 2.24) is 20.0 Å². The smallest absolute Gasteiger partial charge is 0.274 e. The maximum atomic E-state index is 13.0. The molecular formula is C27H37N5O. The quantitative estimate of drug-likeness (QED) is 0.693. The molecule has 6 heteroatoms. The van der Waals surface area contributed by atoms with E-state index in [2.05, 4.69) is 50.3 Å². The van der Waals surface area contributed by atoms with E-state index in [-0.39, 0.29) is 5.91 Å². The number of hydrogen-bond donors (Lipinski definition) is 0. The van der Waals surface area contributed by atoms with E-state index in [0.29, 0.717) is 5.69 Å². The molecule has 0 atom stereocenters. The van der Waals surface area contributed by atoms with Crippen LogP contribution in [-0.4, -0.2) is 71.2 Å². The van der Waals surface area contributed by atoms with Gasteiger partial charge in [-0.3, -0.25) is 9.69 Å². The summed E-state index contributed by atoms with van der Waals surface area (Å²) in [6.45, 7) is 5.58. The molecule has 1 aliphatic carbocycles. The Morgan fingerprint density at radius 3 is 2.18 bits per heavy atom. The highest BCUT2D eigenvalue weighted by Gasteiger charge is 2.28. The van der Waals surface area contributed by atoms with Crippen molar-refractivity contribution < 1.29 is 4.79 Å². The Morgan fingerprint density at radius 1 is 0.788 bits per heavy atom. The lowest BCUT2D eigenvalue weighted by atomic mass is 9.90. The summed E-state index contributed by atoms with van der Waals surface area (Å²) in [6.07, 6.45) is 10.2. The minimum absolute atomic E-state index is 0.0268. The molecule has 6 nitrogen and oxygen atoms in total. The zero-order valence-electron chi connectivity index (χ0n) is 19.7. The van der Waals surface area contributed by atoms with Crippen molar-refractivity contribution >= 4 is 11.7 Å². The average Bonchev–Trinajstić information content (AvgIpc) is 2.90. The van der Waals surface area contributed by atoms with E-state index in [9.17, 15) is 4.79 Å². The third kappa shape index (κ3) is 5.55. The average molecular weight is 448 g/mol. The van der Waals surface area contributed by atoms with Crippen molar-refractivity contribution in [2.45, 2.75) is 57.4 Å². The highest BCUT2D eigenvalue weighted by Crippen LogP contribution is 2.25. The standard InChI is InChI=1S/C27H37N5O/c33-27(32-19-17-30(18-20-32)24-9-5-2-6-10-24)25-11-12-26(29-28-25)31-15-13-23(14-16-31)21-22-7-3-1-4-8-22/h1,3-4,7-8,11-12,23-24H,2,5-6,9-10,13-21H2. The summed E-state index contributed by atoms with van der Waals surface area (Å²) in [7, 11) is 0. The van der Waals surface area contributed by atoms with E-state index in [1.54, 1.807) is 0 Å². The zero-order valence-corrected chi connectivity index (χ0v) is 19.7. The topological polar surface area (TPSA) is 52.6 Å². The van der Waals surface area contributed by atoms with Crippen molar-refractivity contribution in [3.63, 3.8) is 0 Å². The summed E-state index contributed by atoms with van der Waals surface area (Å²) in [5, 5.41) is 8.76. The molecule has 1 aromatic carbocycles. The van der Waals surface area contributed by atoms with Crippen LogP contribution in [0.1, 0.15) is 61.0 Å². The molecule has 2 aromatic rings. The summed E-state index contributed by atoms with van der Waals surface area (Å²) < 4.78 is 0. The zero-order chi connectivity index (χ0) is 22.5. The van der Waals surface area contributed by atoms with Crippen molar-refractivity contribution in [3.05, 3.63) is 53.7 Å². The van der Waals surface area contributed by atoms with Crippen LogP contribution in [0.3, 0.4) is 0 Å². The predicted molar refractivity (Wildman–Crippen MR) is 131 cm³/mol. The number of carbonyl (C=O) groups is 1. The molecule has 0 radical (unpaired) electrons. The number of aromatic nitrogens is 2. The molecule has 0 N–H and O–H groups in total. The van der Waals surface area contributed by atoms with Crippen LogP contribution < -0.4 is 4.90 Å². The molecule has 5 rings (SSSR count). The lowest BCUT2D eigenvalue weighted by molar-refractivity contribution is 0.0517. The number of benzene rings is 1. The van der Waals surface area contributed by atoms with Gasteiger partial charge in [-0.25, -0.2) is 0 Å². The van der Waals surface area contributed by atoms with E-state index >= 15 is 0 Å². The normalized spacial score (nSPS) is 21.3. The van der Waals surface area contributed by atoms with E-state index in [0.717, 1.165) is 63.5 Å². The van der Waals surface area contributed by atoms with Gasteiger partial charge in [0.15, 0.2) is 11.5 Å². The van der Waals surface area contributed by atoms with Gasteiger partial charge in [-0.05, 0) is 55.7 Å². The van der Waals surface area contributed by atoms with Crippen LogP contribution >= 0.6 is 0 Å². The SMILES string of the molecule is O=C(c1ccc(N2CCC(Cc3ccccc3)CC2)nn1)N1CCN(C2CCCCC2)CC1. The van der Waals surface area contributed by atoms with Crippen LogP contribution in [0.2, 0.25) is 0 Å². The monoisotopic (exact) mass is 447 g/mol. The van der Waals surface area contributed by atoms with Gasteiger partial charge in [-0.2, -0.15) is 0 Å². The summed E-state index contributed by atoms with van der Waals surface area (Å²) >= 11 is 0. The highest BCUT2D eigenvalue weighted by molar-refractivity contribution is 5.92. The minimum Gasteiger partial charge on any atom is -0.355 e. The van der Waals surface area contributed by atoms with Crippen molar-refractivity contribution in [2.24, 2.45) is 5.92 Å². The Kier molecular flexibility index (Phi) is 7.20. The molecule has 0 spiro atoms. The molecular weight excluding hydrogens is 410 g/mol. The molecule has 2 aliphatic heterocycles. The van der Waals surface area contributed by atoms with Crippen LogP contribution in [0.15, 0.2) is 42.5 Å². The van der Waals surface area contributed by atoms with Crippen LogP contribution in [0.4, 0.5) is 5.82 Å². The van der Waals surface area contributed by atoms with Crippen LogP contribution in [0.25, 0.3) is 0 Å². The van der Waals surface area contributed by atoms with Gasteiger partial charge in [0.05, 0.1) is 0 Å². The molecule has 1 amide bonds. The van der Waals surface area contributed by atoms with Crippen LogP contribution in [0.5, 0.6) is 0 Å². The second-order valence-electron chi connectivity index (χ2n) is 10.0. The largest absolute Gasteiger partial charge is 0.355 e. The van der Waals surface area contributed by atoms with E-state index in [4.69, 9.17) is 0 Å². The van der Waals surface area contributed by atoms with Gasteiger partial charge < -0.3 is 9.80 Å². The minimum atomic E-state index is 0.0268. The first kappa shape index (κ1) is 22.3.